The predicted octanol–water partition coefficient (Wildman–Crippen LogP) is 0.734. The van der Waals surface area contributed by atoms with Gasteiger partial charge < -0.3 is 4.74 Å². The summed E-state index contributed by atoms with van der Waals surface area (Å²) in [5, 5.41) is 0. The van der Waals surface area contributed by atoms with E-state index in [9.17, 15) is 4.79 Å². The Morgan fingerprint density at radius 1 is 1.75 bits per heavy atom. The molecule has 44 valence electrons. The number of hydrogen-bond acceptors (Lipinski definition) is 2. The highest BCUT2D eigenvalue weighted by Gasteiger charge is 2.17. The zero-order valence-corrected chi connectivity index (χ0v) is 4.70. The number of hydrogen-bond donors (Lipinski definition) is 0. The largest absolute Gasteiger partial charge is 0.490 e. The molecule has 0 aromatic carbocycles. The average molecular weight is 112 g/mol. The molecule has 1 aliphatic heterocycles. The van der Waals surface area contributed by atoms with Crippen LogP contribution in [0.1, 0.15) is 6.92 Å². The van der Waals surface area contributed by atoms with Crippen molar-refractivity contribution in [2.75, 3.05) is 0 Å². The minimum Gasteiger partial charge on any atom is -0.490 e. The fourth-order valence-corrected chi connectivity index (χ4v) is 0.649. The molecule has 8 heavy (non-hydrogen) atoms. The molecular formula is C6H8O2. The Bertz CT molecular complexity index is 118. The molecule has 0 aromatic rings. The van der Waals surface area contributed by atoms with Gasteiger partial charge in [-0.15, -0.1) is 0 Å². The second-order valence-corrected chi connectivity index (χ2v) is 1.92. The van der Waals surface area contributed by atoms with Crippen molar-refractivity contribution in [3.05, 3.63) is 12.3 Å². The maximum absolute atomic E-state index is 10.1. The molecule has 0 aromatic heterocycles. The van der Waals surface area contributed by atoms with E-state index in [2.05, 4.69) is 0 Å². The summed E-state index contributed by atoms with van der Waals surface area (Å²) < 4.78 is 4.87. The molecule has 2 unspecified atom stereocenters. The second kappa shape index (κ2) is 1.99. The van der Waals surface area contributed by atoms with Crippen LogP contribution in [0.15, 0.2) is 12.3 Å². The molecule has 0 amide bonds. The Morgan fingerprint density at radius 3 is 2.75 bits per heavy atom. The van der Waals surface area contributed by atoms with E-state index in [-0.39, 0.29) is 12.0 Å². The summed E-state index contributed by atoms with van der Waals surface area (Å²) in [5.74, 6) is 0.257. The van der Waals surface area contributed by atoms with Crippen LogP contribution in [0.4, 0.5) is 0 Å². The quantitative estimate of drug-likeness (QED) is 0.467. The SMILES string of the molecule is CC1C=COC1C=O. The van der Waals surface area contributed by atoms with Gasteiger partial charge in [-0.2, -0.15) is 0 Å². The Kier molecular flexibility index (Phi) is 1.33. The predicted molar refractivity (Wildman–Crippen MR) is 29.2 cm³/mol. The Balaban J connectivity index is 2.50. The van der Waals surface area contributed by atoms with Gasteiger partial charge in [-0.3, -0.25) is 4.79 Å². The van der Waals surface area contributed by atoms with E-state index in [0.717, 1.165) is 6.29 Å². The highest BCUT2D eigenvalue weighted by Crippen LogP contribution is 2.13. The van der Waals surface area contributed by atoms with Crippen LogP contribution in [0, 0.1) is 5.92 Å². The highest BCUT2D eigenvalue weighted by molar-refractivity contribution is 5.57. The minimum atomic E-state index is -0.227. The Hall–Kier alpha value is -0.790. The first-order valence-corrected chi connectivity index (χ1v) is 2.62. The molecule has 2 heteroatoms. The van der Waals surface area contributed by atoms with Gasteiger partial charge in [0.05, 0.1) is 6.26 Å². The van der Waals surface area contributed by atoms with E-state index in [4.69, 9.17) is 4.74 Å². The van der Waals surface area contributed by atoms with Crippen LogP contribution in [0.5, 0.6) is 0 Å². The number of carbonyl (C=O) groups is 1. The molecule has 1 rings (SSSR count). The lowest BCUT2D eigenvalue weighted by atomic mass is 10.1. The summed E-state index contributed by atoms with van der Waals surface area (Å²) in [7, 11) is 0. The smallest absolute Gasteiger partial charge is 0.161 e. The molecule has 0 N–H and O–H groups in total. The maximum atomic E-state index is 10.1. The zero-order chi connectivity index (χ0) is 5.98. The van der Waals surface area contributed by atoms with Crippen LogP contribution >= 0.6 is 0 Å². The van der Waals surface area contributed by atoms with Crippen LogP contribution in [0.2, 0.25) is 0 Å². The van der Waals surface area contributed by atoms with Crippen molar-refractivity contribution in [2.45, 2.75) is 13.0 Å². The van der Waals surface area contributed by atoms with Crippen molar-refractivity contribution < 1.29 is 9.53 Å². The molecule has 0 bridgehead atoms. The molecule has 0 fully saturated rings. The third kappa shape index (κ3) is 0.735. The van der Waals surface area contributed by atoms with Gasteiger partial charge in [-0.05, 0) is 6.08 Å². The molecule has 0 radical (unpaired) electrons. The first kappa shape index (κ1) is 5.35. The van der Waals surface area contributed by atoms with E-state index in [1.165, 1.54) is 0 Å². The monoisotopic (exact) mass is 112 g/mol. The van der Waals surface area contributed by atoms with Crippen molar-refractivity contribution in [1.29, 1.82) is 0 Å². The van der Waals surface area contributed by atoms with Crippen molar-refractivity contribution in [1.82, 2.24) is 0 Å². The summed E-state index contributed by atoms with van der Waals surface area (Å²) in [6.07, 6.45) is 4.04. The number of carbonyl (C=O) groups excluding carboxylic acids is 1. The highest BCUT2D eigenvalue weighted by atomic mass is 16.5. The van der Waals surface area contributed by atoms with Crippen molar-refractivity contribution in [3.8, 4) is 0 Å². The minimum absolute atomic E-state index is 0.227. The van der Waals surface area contributed by atoms with Gasteiger partial charge in [0.2, 0.25) is 0 Å². The first-order valence-electron chi connectivity index (χ1n) is 2.62. The Morgan fingerprint density at radius 2 is 2.50 bits per heavy atom. The van der Waals surface area contributed by atoms with Gasteiger partial charge in [0.1, 0.15) is 0 Å². The Labute approximate surface area is 48.1 Å². The third-order valence-electron chi connectivity index (χ3n) is 1.27. The van der Waals surface area contributed by atoms with Crippen molar-refractivity contribution >= 4 is 6.29 Å². The summed E-state index contributed by atoms with van der Waals surface area (Å²) in [6, 6.07) is 0. The lowest BCUT2D eigenvalue weighted by Gasteiger charge is -2.04. The van der Waals surface area contributed by atoms with Crippen molar-refractivity contribution in [2.24, 2.45) is 5.92 Å². The van der Waals surface area contributed by atoms with Gasteiger partial charge >= 0.3 is 0 Å². The molecule has 0 spiro atoms. The fraction of sp³-hybridized carbons (Fsp3) is 0.500. The molecule has 1 aliphatic rings. The zero-order valence-electron chi connectivity index (χ0n) is 4.70. The topological polar surface area (TPSA) is 26.3 Å². The average Bonchev–Trinajstić information content (AvgIpc) is 2.14. The van der Waals surface area contributed by atoms with E-state index in [1.807, 2.05) is 13.0 Å². The van der Waals surface area contributed by atoms with Gasteiger partial charge in [-0.1, -0.05) is 6.92 Å². The lowest BCUT2D eigenvalue weighted by molar-refractivity contribution is -0.115. The lowest BCUT2D eigenvalue weighted by Crippen LogP contribution is -2.14. The van der Waals surface area contributed by atoms with Crippen LogP contribution in [-0.2, 0) is 9.53 Å². The van der Waals surface area contributed by atoms with Gasteiger partial charge in [-0.25, -0.2) is 0 Å². The molecule has 0 saturated heterocycles. The van der Waals surface area contributed by atoms with Crippen molar-refractivity contribution in [3.63, 3.8) is 0 Å². The summed E-state index contributed by atoms with van der Waals surface area (Å²) in [4.78, 5) is 10.1. The van der Waals surface area contributed by atoms with E-state index in [1.54, 1.807) is 6.26 Å². The van der Waals surface area contributed by atoms with E-state index < -0.39 is 0 Å². The number of aldehydes is 1. The molecular weight excluding hydrogens is 104 g/mol. The van der Waals surface area contributed by atoms with Crippen LogP contribution in [0.25, 0.3) is 0 Å². The standard InChI is InChI=1S/C6H8O2/c1-5-2-3-8-6(5)4-7/h2-6H,1H3. The van der Waals surface area contributed by atoms with Gasteiger partial charge in [0, 0.05) is 5.92 Å². The summed E-state index contributed by atoms with van der Waals surface area (Å²) in [6.45, 7) is 1.95. The van der Waals surface area contributed by atoms with Crippen LogP contribution in [-0.4, -0.2) is 12.4 Å². The molecule has 0 saturated carbocycles. The van der Waals surface area contributed by atoms with Gasteiger partial charge in [0.15, 0.2) is 12.4 Å². The second-order valence-electron chi connectivity index (χ2n) is 1.92. The molecule has 2 nitrogen and oxygen atoms in total. The fourth-order valence-electron chi connectivity index (χ4n) is 0.649. The number of rotatable bonds is 1. The molecule has 0 aliphatic carbocycles. The van der Waals surface area contributed by atoms with E-state index >= 15 is 0 Å². The van der Waals surface area contributed by atoms with Gasteiger partial charge in [0.25, 0.3) is 0 Å². The van der Waals surface area contributed by atoms with E-state index in [0.29, 0.717) is 0 Å². The normalized spacial score (nSPS) is 34.6. The maximum Gasteiger partial charge on any atom is 0.161 e. The first-order chi connectivity index (χ1) is 3.84. The summed E-state index contributed by atoms with van der Waals surface area (Å²) >= 11 is 0. The molecule has 2 atom stereocenters. The third-order valence-corrected chi connectivity index (χ3v) is 1.27. The summed E-state index contributed by atoms with van der Waals surface area (Å²) in [5.41, 5.74) is 0. The van der Waals surface area contributed by atoms with Crippen LogP contribution < -0.4 is 0 Å². The number of ether oxygens (including phenoxy) is 1. The molecule has 1 heterocycles. The van der Waals surface area contributed by atoms with Crippen LogP contribution in [0.3, 0.4) is 0 Å².